The molecule has 2 aromatic carbocycles. The average Bonchev–Trinajstić information content (AvgIpc) is 3.76. The minimum Gasteiger partial charge on any atom is -0.444 e. The van der Waals surface area contributed by atoms with Crippen molar-refractivity contribution in [3.8, 4) is 0 Å². The number of ether oxygens (including phenoxy) is 1. The number of anilines is 1. The molecule has 49 heavy (non-hydrogen) atoms. The molecule has 1 saturated heterocycles. The summed E-state index contributed by atoms with van der Waals surface area (Å²) in [7, 11) is -2.74. The topological polar surface area (TPSA) is 163 Å². The van der Waals surface area contributed by atoms with Gasteiger partial charge in [0.15, 0.2) is 0 Å². The fourth-order valence-corrected chi connectivity index (χ4v) is 7.57. The summed E-state index contributed by atoms with van der Waals surface area (Å²) >= 11 is 6.15. The fourth-order valence-electron chi connectivity index (χ4n) is 6.19. The SMILES string of the molecule is C=C[C@@H]1C[C@]1(NC(=O)[C@@H]1CN(C(=O)[C@@H](NC(=O)OC(C)(C)C)C(C)C)CC[C@H]1c1ccc(Cl)cc1)C(=O)NS(=O)(=O)c1ccccc1NC. The Bertz CT molecular complexity index is 1690. The van der Waals surface area contributed by atoms with Crippen LogP contribution >= 0.6 is 11.6 Å². The van der Waals surface area contributed by atoms with E-state index in [1.165, 1.54) is 12.1 Å². The summed E-state index contributed by atoms with van der Waals surface area (Å²) in [6.07, 6.45) is 1.33. The first-order chi connectivity index (χ1) is 22.9. The highest BCUT2D eigenvalue weighted by atomic mass is 35.5. The maximum Gasteiger partial charge on any atom is 0.408 e. The summed E-state index contributed by atoms with van der Waals surface area (Å²) in [5, 5.41) is 8.89. The summed E-state index contributed by atoms with van der Waals surface area (Å²) in [6, 6.07) is 12.3. The van der Waals surface area contributed by atoms with Crippen LogP contribution in [0.25, 0.3) is 0 Å². The van der Waals surface area contributed by atoms with Gasteiger partial charge in [0.05, 0.1) is 11.6 Å². The zero-order chi connectivity index (χ0) is 36.3. The third-order valence-corrected chi connectivity index (χ3v) is 10.5. The first-order valence-electron chi connectivity index (χ1n) is 16.2. The highest BCUT2D eigenvalue weighted by molar-refractivity contribution is 7.90. The van der Waals surface area contributed by atoms with Gasteiger partial charge in [-0.05, 0) is 75.3 Å². The van der Waals surface area contributed by atoms with E-state index in [1.54, 1.807) is 76.9 Å². The molecule has 266 valence electrons. The first-order valence-corrected chi connectivity index (χ1v) is 18.1. The first kappa shape index (κ1) is 37.7. The van der Waals surface area contributed by atoms with Crippen LogP contribution in [-0.2, 0) is 29.1 Å². The highest BCUT2D eigenvalue weighted by Crippen LogP contribution is 2.46. The molecular formula is C35H46ClN5O7S. The van der Waals surface area contributed by atoms with Crippen LogP contribution in [0.5, 0.6) is 0 Å². The van der Waals surface area contributed by atoms with Crippen LogP contribution in [0.2, 0.25) is 5.02 Å². The van der Waals surface area contributed by atoms with Crippen molar-refractivity contribution in [2.45, 2.75) is 75.5 Å². The van der Waals surface area contributed by atoms with E-state index >= 15 is 0 Å². The number of sulfonamides is 1. The standard InChI is InChI=1S/C35H46ClN5O7S/c1-8-23-19-35(23,32(44)40-49(46,47)28-12-10-9-11-27(28)37-7)39-30(42)26-20-41(18-17-25(26)22-13-15-24(36)16-14-22)31(43)29(21(2)3)38-33(45)48-34(4,5)6/h8-16,21,23,25-26,29,37H,1,17-20H2,2-7H3,(H,38,45)(H,39,42)(H,40,44)/t23-,25+,26-,29+,35-/m1/s1. The van der Waals surface area contributed by atoms with Crippen molar-refractivity contribution in [3.63, 3.8) is 0 Å². The van der Waals surface area contributed by atoms with Crippen LogP contribution in [0.3, 0.4) is 0 Å². The van der Waals surface area contributed by atoms with Gasteiger partial charge in [-0.3, -0.25) is 14.4 Å². The lowest BCUT2D eigenvalue weighted by Crippen LogP contribution is -2.58. The third kappa shape index (κ3) is 8.74. The number of rotatable bonds is 11. The maximum absolute atomic E-state index is 14.3. The number of nitrogens with one attached hydrogen (secondary N) is 4. The van der Waals surface area contributed by atoms with Crippen LogP contribution in [0.1, 0.15) is 58.9 Å². The smallest absolute Gasteiger partial charge is 0.408 e. The minimum atomic E-state index is -4.31. The maximum atomic E-state index is 14.3. The molecular weight excluding hydrogens is 670 g/mol. The molecule has 2 aliphatic rings. The van der Waals surface area contributed by atoms with Crippen LogP contribution < -0.4 is 20.7 Å². The van der Waals surface area contributed by atoms with Gasteiger partial charge in [0.1, 0.15) is 22.1 Å². The number of alkyl carbamates (subject to hydrolysis) is 1. The number of carbonyl (C=O) groups excluding carboxylic acids is 4. The Kier molecular flexibility index (Phi) is 11.4. The molecule has 1 saturated carbocycles. The van der Waals surface area contributed by atoms with Gasteiger partial charge in [0.25, 0.3) is 15.9 Å². The monoisotopic (exact) mass is 715 g/mol. The van der Waals surface area contributed by atoms with Gasteiger partial charge in [-0.25, -0.2) is 17.9 Å². The lowest BCUT2D eigenvalue weighted by Gasteiger charge is -2.40. The molecule has 1 aliphatic carbocycles. The van der Waals surface area contributed by atoms with E-state index in [9.17, 15) is 27.6 Å². The molecule has 0 aromatic heterocycles. The molecule has 0 unspecified atom stereocenters. The zero-order valence-corrected chi connectivity index (χ0v) is 30.3. The Labute approximate surface area is 293 Å². The molecule has 1 aliphatic heterocycles. The van der Waals surface area contributed by atoms with Gasteiger partial charge in [-0.15, -0.1) is 6.58 Å². The van der Waals surface area contributed by atoms with Gasteiger partial charge in [-0.2, -0.15) is 0 Å². The number of amides is 4. The van der Waals surface area contributed by atoms with E-state index in [4.69, 9.17) is 16.3 Å². The van der Waals surface area contributed by atoms with Crippen molar-refractivity contribution in [2.75, 3.05) is 25.5 Å². The lowest BCUT2D eigenvalue weighted by atomic mass is 9.79. The van der Waals surface area contributed by atoms with Gasteiger partial charge in [-0.1, -0.05) is 55.8 Å². The molecule has 5 atom stereocenters. The van der Waals surface area contributed by atoms with Crippen LogP contribution in [0, 0.1) is 17.8 Å². The normalized spacial score (nSPS) is 22.8. The van der Waals surface area contributed by atoms with E-state index in [0.29, 0.717) is 23.7 Å². The number of nitrogens with zero attached hydrogens (tertiary/aromatic N) is 1. The third-order valence-electron chi connectivity index (χ3n) is 8.89. The summed E-state index contributed by atoms with van der Waals surface area (Å²) in [4.78, 5) is 56.0. The summed E-state index contributed by atoms with van der Waals surface area (Å²) in [6.45, 7) is 12.9. The quantitative estimate of drug-likeness (QED) is 0.249. The van der Waals surface area contributed by atoms with E-state index in [1.807, 2.05) is 12.1 Å². The second-order valence-corrected chi connectivity index (χ2v) is 16.0. The Balaban J connectivity index is 1.61. The molecule has 4 N–H and O–H groups in total. The predicted octanol–water partition coefficient (Wildman–Crippen LogP) is 4.43. The number of hydrogen-bond donors (Lipinski definition) is 4. The number of carbonyl (C=O) groups is 4. The molecule has 0 spiro atoms. The van der Waals surface area contributed by atoms with Gasteiger partial charge in [0.2, 0.25) is 11.8 Å². The largest absolute Gasteiger partial charge is 0.444 e. The van der Waals surface area contributed by atoms with E-state index < -0.39 is 56.9 Å². The summed E-state index contributed by atoms with van der Waals surface area (Å²) < 4.78 is 34.2. The molecule has 12 nitrogen and oxygen atoms in total. The number of likely N-dealkylation sites (tertiary alicyclic amines) is 1. The van der Waals surface area contributed by atoms with Crippen LogP contribution in [0.4, 0.5) is 10.5 Å². The lowest BCUT2D eigenvalue weighted by molar-refractivity contribution is -0.140. The van der Waals surface area contributed by atoms with Crippen LogP contribution in [0.15, 0.2) is 66.1 Å². The van der Waals surface area contributed by atoms with Crippen molar-refractivity contribution < 1.29 is 32.3 Å². The number of hydrogen-bond acceptors (Lipinski definition) is 8. The van der Waals surface area contributed by atoms with Crippen molar-refractivity contribution in [1.29, 1.82) is 0 Å². The number of para-hydroxylation sites is 1. The van der Waals surface area contributed by atoms with E-state index in [2.05, 4.69) is 27.3 Å². The number of halogens is 1. The molecule has 4 amide bonds. The molecule has 0 radical (unpaired) electrons. The summed E-state index contributed by atoms with van der Waals surface area (Å²) in [5.74, 6) is -3.77. The molecule has 2 aromatic rings. The van der Waals surface area contributed by atoms with Gasteiger partial charge >= 0.3 is 6.09 Å². The van der Waals surface area contributed by atoms with Crippen molar-refractivity contribution in [1.82, 2.24) is 20.3 Å². The molecule has 1 heterocycles. The van der Waals surface area contributed by atoms with Gasteiger partial charge in [0, 0.05) is 31.1 Å². The Morgan fingerprint density at radius 1 is 1.08 bits per heavy atom. The molecule has 4 rings (SSSR count). The number of piperidine rings is 1. The van der Waals surface area contributed by atoms with Gasteiger partial charge < -0.3 is 25.6 Å². The summed E-state index contributed by atoms with van der Waals surface area (Å²) in [5.41, 5.74) is -1.20. The predicted molar refractivity (Wildman–Crippen MR) is 187 cm³/mol. The second kappa shape index (κ2) is 14.8. The fraction of sp³-hybridized carbons (Fsp3) is 0.486. The van der Waals surface area contributed by atoms with Crippen molar-refractivity contribution >= 4 is 51.1 Å². The molecule has 14 heteroatoms. The Hall–Kier alpha value is -4.10. The Morgan fingerprint density at radius 2 is 1.73 bits per heavy atom. The average molecular weight is 716 g/mol. The minimum absolute atomic E-state index is 0.0124. The zero-order valence-electron chi connectivity index (χ0n) is 28.7. The van der Waals surface area contributed by atoms with E-state index in [-0.39, 0.29) is 35.6 Å². The van der Waals surface area contributed by atoms with Crippen molar-refractivity contribution in [2.24, 2.45) is 17.8 Å². The van der Waals surface area contributed by atoms with Crippen molar-refractivity contribution in [3.05, 3.63) is 71.8 Å². The Morgan fingerprint density at radius 3 is 2.31 bits per heavy atom. The highest BCUT2D eigenvalue weighted by Gasteiger charge is 2.61. The van der Waals surface area contributed by atoms with E-state index in [0.717, 1.165) is 5.56 Å². The molecule has 2 fully saturated rings. The second-order valence-electron chi connectivity index (χ2n) is 13.9. The molecule has 0 bridgehead atoms. The number of benzene rings is 2. The van der Waals surface area contributed by atoms with Crippen LogP contribution in [-0.4, -0.2) is 74.5 Å².